The predicted octanol–water partition coefficient (Wildman–Crippen LogP) is 3.00. The molecule has 0 saturated carbocycles. The van der Waals surface area contributed by atoms with Gasteiger partial charge < -0.3 is 20.9 Å². The maximum absolute atomic E-state index is 13.7. The van der Waals surface area contributed by atoms with Gasteiger partial charge in [0.15, 0.2) is 11.6 Å². The first kappa shape index (κ1) is 21.3. The van der Waals surface area contributed by atoms with Gasteiger partial charge in [0, 0.05) is 35.5 Å². The van der Waals surface area contributed by atoms with Crippen LogP contribution in [0.1, 0.15) is 28.9 Å². The molecule has 2 heterocycles. The summed E-state index contributed by atoms with van der Waals surface area (Å²) in [4.78, 5) is 16.7. The largest absolute Gasteiger partial charge is 0.482 e. The summed E-state index contributed by atoms with van der Waals surface area (Å²) in [6.07, 6.45) is 2.89. The van der Waals surface area contributed by atoms with Crippen LogP contribution in [0.3, 0.4) is 0 Å². The average Bonchev–Trinajstić information content (AvgIpc) is 3.32. The molecule has 0 aliphatic heterocycles. The molecule has 0 unspecified atom stereocenters. The molecule has 2 aromatic heterocycles. The maximum Gasteiger partial charge on any atom is 0.251 e. The monoisotopic (exact) mass is 435 g/mol. The van der Waals surface area contributed by atoms with Crippen molar-refractivity contribution in [2.75, 3.05) is 18.9 Å². The molecule has 4 aromatic rings. The van der Waals surface area contributed by atoms with Crippen LogP contribution < -0.4 is 15.8 Å². The number of carbonyl (C=O) groups is 1. The van der Waals surface area contributed by atoms with Gasteiger partial charge >= 0.3 is 0 Å². The van der Waals surface area contributed by atoms with E-state index in [0.717, 1.165) is 5.69 Å². The molecule has 164 valence electrons. The van der Waals surface area contributed by atoms with Gasteiger partial charge in [-0.05, 0) is 55.5 Å². The zero-order valence-corrected chi connectivity index (χ0v) is 17.3. The molecule has 1 amide bonds. The number of hydrogen-bond acceptors (Lipinski definition) is 6. The molecule has 0 spiro atoms. The van der Waals surface area contributed by atoms with E-state index in [1.54, 1.807) is 53.5 Å². The number of aliphatic hydroxyl groups excluding tert-OH is 1. The van der Waals surface area contributed by atoms with Crippen LogP contribution in [0.25, 0.3) is 16.6 Å². The van der Waals surface area contributed by atoms with Gasteiger partial charge in [0.25, 0.3) is 5.91 Å². The number of fused-ring (bicyclic) bond motifs is 1. The Morgan fingerprint density at radius 1 is 1.28 bits per heavy atom. The summed E-state index contributed by atoms with van der Waals surface area (Å²) in [5, 5.41) is 16.4. The van der Waals surface area contributed by atoms with Gasteiger partial charge in [0.1, 0.15) is 11.9 Å². The number of hydrogen-bond donors (Lipinski definition) is 3. The summed E-state index contributed by atoms with van der Waals surface area (Å²) >= 11 is 0. The van der Waals surface area contributed by atoms with E-state index in [0.29, 0.717) is 27.8 Å². The molecule has 0 aliphatic carbocycles. The summed E-state index contributed by atoms with van der Waals surface area (Å²) in [6.45, 7) is 1.81. The van der Waals surface area contributed by atoms with Gasteiger partial charge in [-0.25, -0.2) is 14.1 Å². The number of nitrogens with one attached hydrogen (secondary N) is 1. The Morgan fingerprint density at radius 3 is 2.88 bits per heavy atom. The van der Waals surface area contributed by atoms with Crippen molar-refractivity contribution in [1.82, 2.24) is 20.1 Å². The second kappa shape index (κ2) is 9.03. The fraction of sp³-hybridized carbons (Fsp3) is 0.174. The minimum atomic E-state index is -0.546. The molecule has 9 heteroatoms. The zero-order valence-electron chi connectivity index (χ0n) is 17.3. The van der Waals surface area contributed by atoms with Crippen LogP contribution in [0.4, 0.5) is 10.2 Å². The van der Waals surface area contributed by atoms with Crippen molar-refractivity contribution >= 4 is 22.6 Å². The molecule has 4 rings (SSSR count). The molecule has 2 aromatic carbocycles. The van der Waals surface area contributed by atoms with Crippen molar-refractivity contribution < 1.29 is 19.0 Å². The van der Waals surface area contributed by atoms with E-state index >= 15 is 0 Å². The van der Waals surface area contributed by atoms with Gasteiger partial charge in [0.2, 0.25) is 0 Å². The number of aromatic nitrogens is 3. The summed E-state index contributed by atoms with van der Waals surface area (Å²) < 4.78 is 21.4. The van der Waals surface area contributed by atoms with Crippen molar-refractivity contribution in [3.05, 3.63) is 77.9 Å². The topological polar surface area (TPSA) is 115 Å². The first-order valence-electron chi connectivity index (χ1n) is 10.0. The Labute approximate surface area is 183 Å². The number of anilines is 1. The van der Waals surface area contributed by atoms with Gasteiger partial charge in [-0.15, -0.1) is 0 Å². The van der Waals surface area contributed by atoms with Crippen LogP contribution in [0, 0.1) is 5.82 Å². The number of rotatable bonds is 7. The highest BCUT2D eigenvalue weighted by Crippen LogP contribution is 2.32. The van der Waals surface area contributed by atoms with E-state index in [9.17, 15) is 9.18 Å². The number of nitrogens with zero attached hydrogens (tertiary/aromatic N) is 3. The quantitative estimate of drug-likeness (QED) is 0.411. The SMILES string of the molecule is C[C@H](Oc1cc2cc(F)ccc2nc1N)c1cc(C(=O)NCCO)ccc1-n1cccn1. The third kappa shape index (κ3) is 4.37. The molecule has 4 N–H and O–H groups in total. The lowest BCUT2D eigenvalue weighted by molar-refractivity contribution is 0.0944. The number of benzene rings is 2. The summed E-state index contributed by atoms with van der Waals surface area (Å²) in [7, 11) is 0. The van der Waals surface area contributed by atoms with Gasteiger partial charge in [0.05, 0.1) is 17.8 Å². The standard InChI is InChI=1S/C23H22FN5O3/c1-14(32-21-13-16-11-17(24)4-5-19(16)28-22(21)25)18-12-15(23(31)26-8-10-30)3-6-20(18)29-9-2-7-27-29/h2-7,9,11-14,30H,8,10H2,1H3,(H2,25,28)(H,26,31)/t14-/m0/s1. The fourth-order valence-corrected chi connectivity index (χ4v) is 3.40. The summed E-state index contributed by atoms with van der Waals surface area (Å²) in [5.41, 5.74) is 8.46. The van der Waals surface area contributed by atoms with Crippen molar-refractivity contribution in [1.29, 1.82) is 0 Å². The van der Waals surface area contributed by atoms with E-state index in [1.165, 1.54) is 12.1 Å². The molecule has 8 nitrogen and oxygen atoms in total. The van der Waals surface area contributed by atoms with E-state index < -0.39 is 6.10 Å². The molecule has 0 saturated heterocycles. The minimum absolute atomic E-state index is 0.150. The second-order valence-corrected chi connectivity index (χ2v) is 7.17. The highest BCUT2D eigenvalue weighted by Gasteiger charge is 2.19. The van der Waals surface area contributed by atoms with Crippen LogP contribution in [-0.2, 0) is 0 Å². The van der Waals surface area contributed by atoms with Crippen LogP contribution in [0.15, 0.2) is 60.9 Å². The number of amides is 1. The van der Waals surface area contributed by atoms with Crippen molar-refractivity contribution in [2.24, 2.45) is 0 Å². The lowest BCUT2D eigenvalue weighted by atomic mass is 10.0. The molecule has 0 fully saturated rings. The third-order valence-electron chi connectivity index (χ3n) is 4.95. The molecule has 0 radical (unpaired) electrons. The van der Waals surface area contributed by atoms with Gasteiger partial charge in [-0.2, -0.15) is 5.10 Å². The highest BCUT2D eigenvalue weighted by molar-refractivity contribution is 5.94. The number of carbonyl (C=O) groups excluding carboxylic acids is 1. The van der Waals surface area contributed by atoms with E-state index in [-0.39, 0.29) is 30.7 Å². The van der Waals surface area contributed by atoms with Crippen molar-refractivity contribution in [3.8, 4) is 11.4 Å². The van der Waals surface area contributed by atoms with Gasteiger partial charge in [-0.3, -0.25) is 4.79 Å². The molecule has 0 aliphatic rings. The number of nitrogen functional groups attached to an aromatic ring is 1. The Kier molecular flexibility index (Phi) is 6.00. The Morgan fingerprint density at radius 2 is 2.12 bits per heavy atom. The van der Waals surface area contributed by atoms with E-state index in [2.05, 4.69) is 15.4 Å². The fourth-order valence-electron chi connectivity index (χ4n) is 3.40. The van der Waals surface area contributed by atoms with Crippen LogP contribution in [-0.4, -0.2) is 38.9 Å². The number of pyridine rings is 1. The molecule has 1 atom stereocenters. The molecule has 0 bridgehead atoms. The smallest absolute Gasteiger partial charge is 0.251 e. The Balaban J connectivity index is 1.71. The molecular formula is C23H22FN5O3. The predicted molar refractivity (Wildman–Crippen MR) is 118 cm³/mol. The maximum atomic E-state index is 13.7. The van der Waals surface area contributed by atoms with Gasteiger partial charge in [-0.1, -0.05) is 0 Å². The number of aliphatic hydroxyl groups is 1. The Hall–Kier alpha value is -3.98. The lowest BCUT2D eigenvalue weighted by Gasteiger charge is -2.20. The molecule has 32 heavy (non-hydrogen) atoms. The number of ether oxygens (including phenoxy) is 1. The lowest BCUT2D eigenvalue weighted by Crippen LogP contribution is -2.26. The number of nitrogens with two attached hydrogens (primary N) is 1. The van der Waals surface area contributed by atoms with E-state index in [1.807, 2.05) is 6.92 Å². The first-order chi connectivity index (χ1) is 15.5. The van der Waals surface area contributed by atoms with Crippen LogP contribution >= 0.6 is 0 Å². The highest BCUT2D eigenvalue weighted by atomic mass is 19.1. The normalized spacial score (nSPS) is 12.0. The minimum Gasteiger partial charge on any atom is -0.482 e. The summed E-state index contributed by atoms with van der Waals surface area (Å²) in [5.74, 6) is -0.224. The average molecular weight is 435 g/mol. The number of halogens is 1. The Bertz CT molecular complexity index is 1260. The van der Waals surface area contributed by atoms with Crippen molar-refractivity contribution in [3.63, 3.8) is 0 Å². The van der Waals surface area contributed by atoms with E-state index in [4.69, 9.17) is 15.6 Å². The second-order valence-electron chi connectivity index (χ2n) is 7.17. The van der Waals surface area contributed by atoms with Crippen LogP contribution in [0.5, 0.6) is 5.75 Å². The van der Waals surface area contributed by atoms with Crippen LogP contribution in [0.2, 0.25) is 0 Å². The third-order valence-corrected chi connectivity index (χ3v) is 4.95. The van der Waals surface area contributed by atoms with Crippen molar-refractivity contribution in [2.45, 2.75) is 13.0 Å². The zero-order chi connectivity index (χ0) is 22.7. The first-order valence-corrected chi connectivity index (χ1v) is 10.0. The molecular weight excluding hydrogens is 413 g/mol. The summed E-state index contributed by atoms with van der Waals surface area (Å²) in [6, 6.07) is 12.8.